The highest BCUT2D eigenvalue weighted by Gasteiger charge is 2.68. The van der Waals surface area contributed by atoms with Gasteiger partial charge in [0.05, 0.1) is 30.8 Å². The third kappa shape index (κ3) is 7.92. The molecule has 0 aromatic heterocycles. The van der Waals surface area contributed by atoms with Gasteiger partial charge in [0, 0.05) is 6.42 Å². The Balaban J connectivity index is 1.69. The molecule has 1 aromatic rings. The zero-order chi connectivity index (χ0) is 34.6. The van der Waals surface area contributed by atoms with Crippen LogP contribution in [-0.2, 0) is 45.3 Å². The minimum Gasteiger partial charge on any atom is -0.481 e. The zero-order valence-corrected chi connectivity index (χ0v) is 27.8. The average molecular weight is 665 g/mol. The number of ether oxygens (including phenoxy) is 1. The number of hydrogen-bond acceptors (Lipinski definition) is 9. The lowest BCUT2D eigenvalue weighted by Crippen LogP contribution is -2.62. The van der Waals surface area contributed by atoms with Gasteiger partial charge in [-0.25, -0.2) is 13.2 Å². The monoisotopic (exact) mass is 664 g/mol. The van der Waals surface area contributed by atoms with Gasteiger partial charge < -0.3 is 25.8 Å². The van der Waals surface area contributed by atoms with Crippen molar-refractivity contribution in [3.8, 4) is 0 Å². The smallest absolute Gasteiger partial charge is 0.408 e. The lowest BCUT2D eigenvalue weighted by atomic mass is 9.75. The molecular formula is C31H44N4O10S. The van der Waals surface area contributed by atoms with Crippen molar-refractivity contribution in [3.05, 3.63) is 35.9 Å². The number of amides is 3. The van der Waals surface area contributed by atoms with Gasteiger partial charge >= 0.3 is 12.1 Å². The Morgan fingerprint density at radius 2 is 1.65 bits per heavy atom. The first kappa shape index (κ1) is 36.6. The van der Waals surface area contributed by atoms with Crippen molar-refractivity contribution in [1.82, 2.24) is 20.3 Å². The third-order valence-electron chi connectivity index (χ3n) is 9.23. The van der Waals surface area contributed by atoms with Gasteiger partial charge in [0.15, 0.2) is 11.6 Å². The minimum absolute atomic E-state index is 0.0268. The summed E-state index contributed by atoms with van der Waals surface area (Å²) in [5, 5.41) is 16.7. The van der Waals surface area contributed by atoms with E-state index >= 15 is 0 Å². The second-order valence-electron chi connectivity index (χ2n) is 13.0. The number of nitrogens with one attached hydrogen (secondary N) is 3. The quantitative estimate of drug-likeness (QED) is 0.212. The SMILES string of the molecule is CC(NC(=O)C(NC(=O)OCc1ccccc1)C(C)C)C(=O)NC(CC(=O)O)C(=O)CN(C12CCC(CC1=O)C2(C)C)S(C)(=O)=O. The standard InChI is InChI=1S/C31H44N4O10S/c1-18(2)26(34-29(42)45-17-20-10-8-7-9-11-20)28(41)32-19(3)27(40)33-22(15-25(38)39)23(36)16-35(46(6,43)44)31-13-12-21(14-24(31)37)30(31,4)5/h7-11,18-19,21-22,26H,12-17H2,1-6H3,(H,32,41)(H,33,40)(H,34,42)(H,38,39). The molecule has 2 fully saturated rings. The van der Waals surface area contributed by atoms with Crippen LogP contribution in [0.5, 0.6) is 0 Å². The van der Waals surface area contributed by atoms with Gasteiger partial charge in [-0.1, -0.05) is 58.0 Å². The van der Waals surface area contributed by atoms with Crippen LogP contribution in [0, 0.1) is 17.3 Å². The molecule has 46 heavy (non-hydrogen) atoms. The summed E-state index contributed by atoms with van der Waals surface area (Å²) in [6.07, 6.45) is 0.184. The predicted molar refractivity (Wildman–Crippen MR) is 166 cm³/mol. The number of aliphatic carboxylic acids is 1. The van der Waals surface area contributed by atoms with Crippen molar-refractivity contribution >= 4 is 45.5 Å². The molecule has 2 bridgehead atoms. The number of carboxylic acid groups (broad SMARTS) is 1. The fraction of sp³-hybridized carbons (Fsp3) is 0.613. The summed E-state index contributed by atoms with van der Waals surface area (Å²) in [6.45, 7) is 7.39. The maximum atomic E-state index is 13.5. The molecule has 2 aliphatic carbocycles. The fourth-order valence-corrected chi connectivity index (χ4v) is 7.89. The van der Waals surface area contributed by atoms with Gasteiger partial charge in [0.25, 0.3) is 0 Å². The molecule has 254 valence electrons. The van der Waals surface area contributed by atoms with Crippen LogP contribution in [0.1, 0.15) is 65.9 Å². The number of carbonyl (C=O) groups excluding carboxylic acids is 5. The molecule has 0 aliphatic heterocycles. The van der Waals surface area contributed by atoms with Gasteiger partial charge in [-0.15, -0.1) is 0 Å². The van der Waals surface area contributed by atoms with Crippen LogP contribution in [0.2, 0.25) is 0 Å². The van der Waals surface area contributed by atoms with Crippen molar-refractivity contribution in [2.75, 3.05) is 12.8 Å². The molecule has 2 aliphatic rings. The minimum atomic E-state index is -4.13. The molecule has 15 heteroatoms. The first-order valence-corrected chi connectivity index (χ1v) is 17.0. The van der Waals surface area contributed by atoms with Gasteiger partial charge in [-0.05, 0) is 42.6 Å². The van der Waals surface area contributed by atoms with Crippen LogP contribution in [0.4, 0.5) is 4.79 Å². The highest BCUT2D eigenvalue weighted by atomic mass is 32.2. The lowest BCUT2D eigenvalue weighted by Gasteiger charge is -2.44. The Bertz CT molecular complexity index is 1460. The largest absolute Gasteiger partial charge is 0.481 e. The number of nitrogens with zero attached hydrogens (tertiary/aromatic N) is 1. The third-order valence-corrected chi connectivity index (χ3v) is 10.5. The number of fused-ring (bicyclic) bond motifs is 2. The summed E-state index contributed by atoms with van der Waals surface area (Å²) in [4.78, 5) is 76.9. The van der Waals surface area contributed by atoms with Gasteiger partial charge in [0.1, 0.15) is 18.7 Å². The normalized spacial score (nSPS) is 22.2. The van der Waals surface area contributed by atoms with E-state index in [9.17, 15) is 42.3 Å². The van der Waals surface area contributed by atoms with Crippen LogP contribution in [0.15, 0.2) is 30.3 Å². The summed E-state index contributed by atoms with van der Waals surface area (Å²) in [7, 11) is -4.13. The van der Waals surface area contributed by atoms with Crippen molar-refractivity contribution in [2.45, 2.75) is 90.6 Å². The van der Waals surface area contributed by atoms with Crippen LogP contribution < -0.4 is 16.0 Å². The zero-order valence-electron chi connectivity index (χ0n) is 27.0. The van der Waals surface area contributed by atoms with Crippen LogP contribution in [-0.4, -0.2) is 89.7 Å². The summed E-state index contributed by atoms with van der Waals surface area (Å²) in [6, 6.07) is 4.87. The highest BCUT2D eigenvalue weighted by molar-refractivity contribution is 7.88. The Kier molecular flexibility index (Phi) is 11.4. The number of benzene rings is 1. The van der Waals surface area contributed by atoms with E-state index in [0.29, 0.717) is 6.42 Å². The Morgan fingerprint density at radius 1 is 1.02 bits per heavy atom. The molecule has 0 saturated heterocycles. The van der Waals surface area contributed by atoms with Crippen molar-refractivity contribution in [2.24, 2.45) is 17.3 Å². The Hall–Kier alpha value is -3.85. The molecule has 2 saturated carbocycles. The molecule has 1 aromatic carbocycles. The van der Waals surface area contributed by atoms with E-state index in [4.69, 9.17) is 4.74 Å². The molecule has 5 unspecified atom stereocenters. The molecule has 0 heterocycles. The van der Waals surface area contributed by atoms with Gasteiger partial charge in [0.2, 0.25) is 21.8 Å². The number of sulfonamides is 1. The first-order valence-electron chi connectivity index (χ1n) is 15.1. The van der Waals surface area contributed by atoms with E-state index in [1.54, 1.807) is 52.0 Å². The molecule has 14 nitrogen and oxygen atoms in total. The molecule has 0 radical (unpaired) electrons. The predicted octanol–water partition coefficient (Wildman–Crippen LogP) is 1.38. The summed E-state index contributed by atoms with van der Waals surface area (Å²) < 4.78 is 32.1. The van der Waals surface area contributed by atoms with E-state index in [0.717, 1.165) is 16.1 Å². The Labute approximate surface area is 269 Å². The molecule has 3 rings (SSSR count). The summed E-state index contributed by atoms with van der Waals surface area (Å²) in [5.74, 6) is -4.76. The fourth-order valence-electron chi connectivity index (χ4n) is 6.54. The van der Waals surface area contributed by atoms with Crippen molar-refractivity contribution < 1.29 is 47.0 Å². The van der Waals surface area contributed by atoms with Gasteiger partial charge in [-0.2, -0.15) is 4.31 Å². The molecule has 0 spiro atoms. The second-order valence-corrected chi connectivity index (χ2v) is 14.9. The maximum absolute atomic E-state index is 13.5. The number of carboxylic acids is 1. The van der Waals surface area contributed by atoms with E-state index in [1.165, 1.54) is 6.92 Å². The van der Waals surface area contributed by atoms with E-state index in [1.807, 2.05) is 6.07 Å². The highest BCUT2D eigenvalue weighted by Crippen LogP contribution is 2.61. The molecule has 5 atom stereocenters. The molecular weight excluding hydrogens is 620 g/mol. The van der Waals surface area contributed by atoms with E-state index in [-0.39, 0.29) is 31.1 Å². The van der Waals surface area contributed by atoms with E-state index < -0.39 is 87.6 Å². The maximum Gasteiger partial charge on any atom is 0.408 e. The van der Waals surface area contributed by atoms with Crippen molar-refractivity contribution in [1.29, 1.82) is 0 Å². The van der Waals surface area contributed by atoms with Crippen molar-refractivity contribution in [3.63, 3.8) is 0 Å². The number of hydrogen-bond donors (Lipinski definition) is 4. The van der Waals surface area contributed by atoms with Crippen LogP contribution >= 0.6 is 0 Å². The number of Topliss-reactive ketones (excluding diaryl/α,β-unsaturated/α-hetero) is 2. The van der Waals surface area contributed by atoms with E-state index in [2.05, 4.69) is 16.0 Å². The molecule has 3 amide bonds. The number of rotatable bonds is 15. The lowest BCUT2D eigenvalue weighted by molar-refractivity contribution is -0.141. The number of ketones is 2. The second kappa shape index (κ2) is 14.3. The average Bonchev–Trinajstić information content (AvgIpc) is 3.32. The number of carbonyl (C=O) groups is 6. The summed E-state index contributed by atoms with van der Waals surface area (Å²) in [5.41, 5.74) is -1.47. The van der Waals surface area contributed by atoms with Crippen LogP contribution in [0.3, 0.4) is 0 Å². The number of alkyl carbamates (subject to hydrolysis) is 1. The topological polar surface area (TPSA) is 205 Å². The van der Waals surface area contributed by atoms with Crippen LogP contribution in [0.25, 0.3) is 0 Å². The Morgan fingerprint density at radius 3 is 2.15 bits per heavy atom. The summed E-state index contributed by atoms with van der Waals surface area (Å²) >= 11 is 0. The molecule has 4 N–H and O–H groups in total. The first-order chi connectivity index (χ1) is 21.3. The van der Waals surface area contributed by atoms with Gasteiger partial charge in [-0.3, -0.25) is 24.0 Å².